The Morgan fingerprint density at radius 1 is 1.07 bits per heavy atom. The van der Waals surface area contributed by atoms with Crippen LogP contribution >= 0.6 is 0 Å². The first-order valence-electron chi connectivity index (χ1n) is 14.3. The average Bonchev–Trinajstić information content (AvgIpc) is 3.53. The number of piperidine rings is 2. The van der Waals surface area contributed by atoms with Crippen LogP contribution in [0.4, 0.5) is 10.5 Å². The lowest BCUT2D eigenvalue weighted by molar-refractivity contribution is -0.134. The van der Waals surface area contributed by atoms with Crippen LogP contribution in [0.25, 0.3) is 10.8 Å². The number of hydrogen-bond acceptors (Lipinski definition) is 6. The average molecular weight is 558 g/mol. The molecule has 3 aliphatic heterocycles. The number of ether oxygens (including phenoxy) is 1. The summed E-state index contributed by atoms with van der Waals surface area (Å²) < 4.78 is 7.53. The largest absolute Gasteiger partial charge is 0.444 e. The van der Waals surface area contributed by atoms with E-state index in [0.717, 1.165) is 34.7 Å². The summed E-state index contributed by atoms with van der Waals surface area (Å²) >= 11 is 0. The zero-order valence-electron chi connectivity index (χ0n) is 23.8. The van der Waals surface area contributed by atoms with Crippen molar-refractivity contribution in [3.05, 3.63) is 59.4 Å². The van der Waals surface area contributed by atoms with Crippen molar-refractivity contribution in [2.45, 2.75) is 77.0 Å². The number of nitrogens with zero attached hydrogens (tertiary/aromatic N) is 4. The van der Waals surface area contributed by atoms with Crippen LogP contribution in [-0.2, 0) is 14.3 Å². The van der Waals surface area contributed by atoms with Gasteiger partial charge < -0.3 is 9.64 Å². The first-order chi connectivity index (χ1) is 19.5. The Kier molecular flexibility index (Phi) is 6.59. The fourth-order valence-corrected chi connectivity index (χ4v) is 6.24. The van der Waals surface area contributed by atoms with Gasteiger partial charge in [0.05, 0.1) is 17.9 Å². The Labute approximate surface area is 238 Å². The number of likely N-dealkylation sites (tertiary alicyclic amines) is 1. The molecule has 0 radical (unpaired) electrons. The number of aromatic nitrogens is 2. The molecule has 2 unspecified atom stereocenters. The maximum Gasteiger partial charge on any atom is 0.410 e. The summed E-state index contributed by atoms with van der Waals surface area (Å²) in [6, 6.07) is 9.14. The maximum absolute atomic E-state index is 13.5. The van der Waals surface area contributed by atoms with Crippen LogP contribution in [0.15, 0.2) is 42.7 Å². The molecule has 41 heavy (non-hydrogen) atoms. The number of anilines is 1. The second kappa shape index (κ2) is 10.0. The van der Waals surface area contributed by atoms with E-state index in [1.165, 1.54) is 0 Å². The van der Waals surface area contributed by atoms with Crippen molar-refractivity contribution < 1.29 is 23.9 Å². The van der Waals surface area contributed by atoms with Crippen molar-refractivity contribution in [1.82, 2.24) is 20.0 Å². The molecule has 3 aromatic rings. The zero-order chi connectivity index (χ0) is 29.1. The molecule has 4 amide bonds. The summed E-state index contributed by atoms with van der Waals surface area (Å²) in [6.45, 7) is 8.99. The molecule has 0 bridgehead atoms. The zero-order valence-corrected chi connectivity index (χ0v) is 23.8. The van der Waals surface area contributed by atoms with E-state index in [1.54, 1.807) is 15.9 Å². The minimum atomic E-state index is -0.709. The lowest BCUT2D eigenvalue weighted by Gasteiger charge is -2.33. The number of benzene rings is 2. The summed E-state index contributed by atoms with van der Waals surface area (Å²) in [7, 11) is 0. The number of hydrogen-bond donors (Lipinski definition) is 1. The fourth-order valence-electron chi connectivity index (χ4n) is 6.24. The lowest BCUT2D eigenvalue weighted by atomic mass is 9.89. The van der Waals surface area contributed by atoms with E-state index in [1.807, 2.05) is 55.9 Å². The third kappa shape index (κ3) is 4.85. The van der Waals surface area contributed by atoms with E-state index in [2.05, 4.69) is 18.4 Å². The summed E-state index contributed by atoms with van der Waals surface area (Å²) in [5.74, 6) is -0.943. The monoisotopic (exact) mass is 557 g/mol. The van der Waals surface area contributed by atoms with Crippen LogP contribution in [0, 0.1) is 0 Å². The predicted molar refractivity (Wildman–Crippen MR) is 153 cm³/mol. The normalized spacial score (nSPS) is 20.5. The Balaban J connectivity index is 1.22. The van der Waals surface area contributed by atoms with Crippen LogP contribution in [0.5, 0.6) is 0 Å². The van der Waals surface area contributed by atoms with E-state index in [9.17, 15) is 19.2 Å². The van der Waals surface area contributed by atoms with Crippen molar-refractivity contribution in [3.63, 3.8) is 0 Å². The van der Waals surface area contributed by atoms with Gasteiger partial charge in [0.25, 0.3) is 5.91 Å². The molecule has 4 heterocycles. The summed E-state index contributed by atoms with van der Waals surface area (Å²) in [4.78, 5) is 53.6. The Bertz CT molecular complexity index is 1560. The summed E-state index contributed by atoms with van der Waals surface area (Å²) in [5, 5.41) is 8.87. The number of amides is 4. The predicted octanol–water partition coefficient (Wildman–Crippen LogP) is 4.53. The molecule has 3 aliphatic rings. The van der Waals surface area contributed by atoms with Crippen LogP contribution < -0.4 is 10.2 Å². The van der Waals surface area contributed by atoms with Gasteiger partial charge in [-0.15, -0.1) is 0 Å². The summed E-state index contributed by atoms with van der Waals surface area (Å²) in [6.07, 6.45) is 5.82. The van der Waals surface area contributed by atoms with Crippen LogP contribution in [0.2, 0.25) is 0 Å². The van der Waals surface area contributed by atoms with Gasteiger partial charge in [0, 0.05) is 42.6 Å². The van der Waals surface area contributed by atoms with Crippen LogP contribution in [0.3, 0.4) is 0 Å². The number of imide groups is 1. The van der Waals surface area contributed by atoms with Crippen LogP contribution in [0.1, 0.15) is 86.8 Å². The second-order valence-corrected chi connectivity index (χ2v) is 12.2. The molecule has 10 heteroatoms. The van der Waals surface area contributed by atoms with Gasteiger partial charge in [0.15, 0.2) is 0 Å². The van der Waals surface area contributed by atoms with Crippen molar-refractivity contribution in [2.24, 2.45) is 0 Å². The van der Waals surface area contributed by atoms with Crippen molar-refractivity contribution in [3.8, 4) is 0 Å². The van der Waals surface area contributed by atoms with Crippen molar-refractivity contribution in [1.29, 1.82) is 0 Å². The molecule has 2 saturated heterocycles. The Morgan fingerprint density at radius 2 is 1.83 bits per heavy atom. The highest BCUT2D eigenvalue weighted by atomic mass is 16.6. The molecule has 2 aromatic carbocycles. The Morgan fingerprint density at radius 3 is 2.54 bits per heavy atom. The standard InChI is InChI=1S/C31H35N5O5/c1-18(19-16-32-35(17-19)20-12-14-34(15-13-20)30(40)41-31(2,3)4)21-8-9-24-27-22(21)6-5-7-23(27)29(39)36(24)25-10-11-26(37)33-28(25)38/h5-9,16-18,20,25H,10-15H2,1-4H3,(H,33,37,38). The molecule has 6 rings (SSSR count). The van der Waals surface area contributed by atoms with Gasteiger partial charge in [-0.1, -0.05) is 25.1 Å². The molecule has 1 N–H and O–H groups in total. The molecule has 2 atom stereocenters. The second-order valence-electron chi connectivity index (χ2n) is 12.2. The highest BCUT2D eigenvalue weighted by Gasteiger charge is 2.41. The van der Waals surface area contributed by atoms with E-state index >= 15 is 0 Å². The highest BCUT2D eigenvalue weighted by molar-refractivity contribution is 6.27. The third-order valence-electron chi connectivity index (χ3n) is 8.36. The summed E-state index contributed by atoms with van der Waals surface area (Å²) in [5.41, 5.74) is 2.90. The molecule has 0 saturated carbocycles. The van der Waals surface area contributed by atoms with Gasteiger partial charge in [-0.05, 0) is 68.7 Å². The van der Waals surface area contributed by atoms with Gasteiger partial charge in [-0.25, -0.2) is 4.79 Å². The third-order valence-corrected chi connectivity index (χ3v) is 8.36. The molecule has 10 nitrogen and oxygen atoms in total. The Hall–Kier alpha value is -4.21. The van der Waals surface area contributed by atoms with Gasteiger partial charge >= 0.3 is 6.09 Å². The molecular weight excluding hydrogens is 522 g/mol. The molecule has 0 spiro atoms. The van der Waals surface area contributed by atoms with Crippen molar-refractivity contribution >= 4 is 40.3 Å². The lowest BCUT2D eigenvalue weighted by Crippen LogP contribution is -2.53. The van der Waals surface area contributed by atoms with Gasteiger partial charge in [0.2, 0.25) is 11.8 Å². The fraction of sp³-hybridized carbons (Fsp3) is 0.452. The molecule has 214 valence electrons. The molecule has 2 fully saturated rings. The van der Waals surface area contributed by atoms with Crippen molar-refractivity contribution in [2.75, 3.05) is 18.0 Å². The van der Waals surface area contributed by atoms with Gasteiger partial charge in [-0.2, -0.15) is 5.10 Å². The van der Waals surface area contributed by atoms with Crippen LogP contribution in [-0.4, -0.2) is 63.2 Å². The van der Waals surface area contributed by atoms with E-state index in [0.29, 0.717) is 30.8 Å². The maximum atomic E-state index is 13.5. The van der Waals surface area contributed by atoms with E-state index in [4.69, 9.17) is 9.84 Å². The first kappa shape index (κ1) is 27.0. The number of carbonyl (C=O) groups excluding carboxylic acids is 4. The quantitative estimate of drug-likeness (QED) is 0.472. The topological polar surface area (TPSA) is 114 Å². The molecule has 1 aromatic heterocycles. The minimum Gasteiger partial charge on any atom is -0.444 e. The minimum absolute atomic E-state index is 0.00894. The first-order valence-corrected chi connectivity index (χ1v) is 14.3. The van der Waals surface area contributed by atoms with Gasteiger partial charge in [-0.3, -0.25) is 29.3 Å². The molecular formula is C31H35N5O5. The molecule has 0 aliphatic carbocycles. The van der Waals surface area contributed by atoms with E-state index < -0.39 is 17.6 Å². The number of carbonyl (C=O) groups is 4. The highest BCUT2D eigenvalue weighted by Crippen LogP contribution is 2.43. The van der Waals surface area contributed by atoms with Gasteiger partial charge in [0.1, 0.15) is 11.6 Å². The number of rotatable bonds is 4. The number of nitrogens with one attached hydrogen (secondary N) is 1. The van der Waals surface area contributed by atoms with E-state index in [-0.39, 0.29) is 36.3 Å². The smallest absolute Gasteiger partial charge is 0.410 e. The SMILES string of the molecule is CC(c1cnn(C2CCN(C(=O)OC(C)(C)C)CC2)c1)c1ccc2c3c(cccc13)C(=O)N2C1CCC(=O)NC1=O.